The van der Waals surface area contributed by atoms with Crippen LogP contribution in [-0.4, -0.2) is 51.0 Å². The monoisotopic (exact) mass is 280 g/mol. The van der Waals surface area contributed by atoms with E-state index in [1.807, 2.05) is 19.1 Å². The van der Waals surface area contributed by atoms with Crippen molar-refractivity contribution >= 4 is 41.3 Å². The number of ketones is 1. The van der Waals surface area contributed by atoms with Crippen LogP contribution in [0, 0.1) is 6.92 Å². The first-order valence-electron chi connectivity index (χ1n) is 5.97. The maximum absolute atomic E-state index is 12.3. The summed E-state index contributed by atoms with van der Waals surface area (Å²) >= 11 is 0. The first-order valence-corrected chi connectivity index (χ1v) is 5.97. The molecule has 1 aromatic carbocycles. The smallest absolute Gasteiger partial charge is 0.309 e. The van der Waals surface area contributed by atoms with Crippen LogP contribution in [-0.2, 0) is 18.3 Å². The Bertz CT molecular complexity index is 629. The second-order valence-corrected chi connectivity index (χ2v) is 4.53. The van der Waals surface area contributed by atoms with Gasteiger partial charge in [0.2, 0.25) is 5.78 Å². The third-order valence-electron chi connectivity index (χ3n) is 3.10. The molecule has 0 spiro atoms. The molecule has 4 nitrogen and oxygen atoms in total. The number of carboxylic acid groups (broad SMARTS) is 1. The van der Waals surface area contributed by atoms with Crippen LogP contribution in [0.25, 0.3) is 0 Å². The Balaban J connectivity index is 0.00000200. The van der Waals surface area contributed by atoms with Gasteiger partial charge in [0.1, 0.15) is 0 Å². The molecule has 1 radical (unpaired) electrons. The number of hydrogen-bond acceptors (Lipinski definition) is 2. The van der Waals surface area contributed by atoms with Gasteiger partial charge in [0, 0.05) is 47.9 Å². The van der Waals surface area contributed by atoms with Crippen molar-refractivity contribution in [3.63, 3.8) is 0 Å². The number of benzene rings is 1. The second-order valence-electron chi connectivity index (χ2n) is 4.53. The van der Waals surface area contributed by atoms with Gasteiger partial charge < -0.3 is 9.67 Å². The SMILES string of the molecule is Cc1ccc(C(=O)c2ccc(CC(=O)O)n2C)cc1.[Na]. The Morgan fingerprint density at radius 1 is 1.10 bits per heavy atom. The van der Waals surface area contributed by atoms with E-state index in [2.05, 4.69) is 0 Å². The summed E-state index contributed by atoms with van der Waals surface area (Å²) in [5, 5.41) is 8.79. The van der Waals surface area contributed by atoms with Crippen LogP contribution in [0.4, 0.5) is 0 Å². The Hall–Kier alpha value is -1.36. The molecule has 5 heteroatoms. The van der Waals surface area contributed by atoms with Crippen LogP contribution >= 0.6 is 0 Å². The Kier molecular flexibility index (Phi) is 5.74. The quantitative estimate of drug-likeness (QED) is 0.686. The first-order chi connectivity index (χ1) is 8.99. The fourth-order valence-electron chi connectivity index (χ4n) is 1.97. The van der Waals surface area contributed by atoms with Crippen LogP contribution in [0.2, 0.25) is 0 Å². The first kappa shape index (κ1) is 16.7. The molecule has 2 rings (SSSR count). The normalized spacial score (nSPS) is 9.90. The molecule has 1 N–H and O–H groups in total. The zero-order chi connectivity index (χ0) is 14.0. The second kappa shape index (κ2) is 6.88. The minimum absolute atomic E-state index is 0. The summed E-state index contributed by atoms with van der Waals surface area (Å²) in [6.07, 6.45) is -0.0856. The Labute approximate surface area is 139 Å². The van der Waals surface area contributed by atoms with Crippen molar-refractivity contribution in [2.75, 3.05) is 0 Å². The molecular formula is C15H15NNaO3. The topological polar surface area (TPSA) is 59.3 Å². The molecule has 20 heavy (non-hydrogen) atoms. The summed E-state index contributed by atoms with van der Waals surface area (Å²) < 4.78 is 1.64. The van der Waals surface area contributed by atoms with Gasteiger partial charge in [0.25, 0.3) is 0 Å². The van der Waals surface area contributed by atoms with Gasteiger partial charge in [0.05, 0.1) is 12.1 Å². The third kappa shape index (κ3) is 3.60. The largest absolute Gasteiger partial charge is 0.481 e. The van der Waals surface area contributed by atoms with Crippen LogP contribution in [0.1, 0.15) is 27.3 Å². The van der Waals surface area contributed by atoms with E-state index in [-0.39, 0.29) is 41.8 Å². The van der Waals surface area contributed by atoms with Crippen molar-refractivity contribution in [1.29, 1.82) is 0 Å². The van der Waals surface area contributed by atoms with E-state index in [0.717, 1.165) is 5.56 Å². The van der Waals surface area contributed by atoms with E-state index in [1.165, 1.54) is 0 Å². The van der Waals surface area contributed by atoms with Crippen molar-refractivity contribution in [3.05, 3.63) is 58.9 Å². The van der Waals surface area contributed by atoms with E-state index >= 15 is 0 Å². The van der Waals surface area contributed by atoms with E-state index in [9.17, 15) is 9.59 Å². The zero-order valence-electron chi connectivity index (χ0n) is 11.9. The van der Waals surface area contributed by atoms with Crippen LogP contribution in [0.5, 0.6) is 0 Å². The van der Waals surface area contributed by atoms with E-state index in [1.54, 1.807) is 35.9 Å². The molecule has 99 valence electrons. The minimum atomic E-state index is -0.907. The molecule has 1 heterocycles. The fourth-order valence-corrected chi connectivity index (χ4v) is 1.97. The number of carbonyl (C=O) groups is 2. The van der Waals surface area contributed by atoms with Crippen molar-refractivity contribution in [1.82, 2.24) is 4.57 Å². The molecule has 0 amide bonds. The summed E-state index contributed by atoms with van der Waals surface area (Å²) in [5.74, 6) is -1.00. The van der Waals surface area contributed by atoms with E-state index in [4.69, 9.17) is 5.11 Å². The van der Waals surface area contributed by atoms with Gasteiger partial charge in [-0.15, -0.1) is 0 Å². The minimum Gasteiger partial charge on any atom is -0.481 e. The van der Waals surface area contributed by atoms with Crippen LogP contribution < -0.4 is 0 Å². The molecule has 2 aromatic rings. The number of carboxylic acids is 1. The molecule has 0 aliphatic carbocycles. The van der Waals surface area contributed by atoms with Crippen molar-refractivity contribution in [2.45, 2.75) is 13.3 Å². The maximum Gasteiger partial charge on any atom is 0.309 e. The predicted octanol–water partition coefficient (Wildman–Crippen LogP) is 1.81. The summed E-state index contributed by atoms with van der Waals surface area (Å²) in [6.45, 7) is 1.96. The molecule has 0 bridgehead atoms. The summed E-state index contributed by atoms with van der Waals surface area (Å²) in [6, 6.07) is 10.7. The fraction of sp³-hybridized carbons (Fsp3) is 0.200. The van der Waals surface area contributed by atoms with Crippen molar-refractivity contribution in [2.24, 2.45) is 7.05 Å². The van der Waals surface area contributed by atoms with Gasteiger partial charge in [-0.25, -0.2) is 0 Å². The van der Waals surface area contributed by atoms with Crippen LogP contribution in [0.15, 0.2) is 36.4 Å². The van der Waals surface area contributed by atoms with Crippen LogP contribution in [0.3, 0.4) is 0 Å². The molecule has 0 saturated carbocycles. The summed E-state index contributed by atoms with van der Waals surface area (Å²) in [4.78, 5) is 23.0. The number of aromatic nitrogens is 1. The molecule has 0 fully saturated rings. The number of aryl methyl sites for hydroxylation is 1. The van der Waals surface area contributed by atoms with Gasteiger partial charge in [-0.1, -0.05) is 29.8 Å². The van der Waals surface area contributed by atoms with Gasteiger partial charge in [-0.3, -0.25) is 9.59 Å². The zero-order valence-corrected chi connectivity index (χ0v) is 13.9. The average molecular weight is 280 g/mol. The van der Waals surface area contributed by atoms with Crippen molar-refractivity contribution < 1.29 is 14.7 Å². The number of rotatable bonds is 4. The third-order valence-corrected chi connectivity index (χ3v) is 3.10. The van der Waals surface area contributed by atoms with Crippen molar-refractivity contribution in [3.8, 4) is 0 Å². The van der Waals surface area contributed by atoms with E-state index in [0.29, 0.717) is 17.0 Å². The molecule has 0 aliphatic rings. The number of hydrogen-bond donors (Lipinski definition) is 1. The average Bonchev–Trinajstić information content (AvgIpc) is 2.70. The Morgan fingerprint density at radius 2 is 1.70 bits per heavy atom. The molecule has 0 atom stereocenters. The van der Waals surface area contributed by atoms with E-state index < -0.39 is 5.97 Å². The summed E-state index contributed by atoms with van der Waals surface area (Å²) in [7, 11) is 1.71. The van der Waals surface area contributed by atoms with Gasteiger partial charge >= 0.3 is 5.97 Å². The molecule has 0 aliphatic heterocycles. The van der Waals surface area contributed by atoms with Gasteiger partial charge in [-0.2, -0.15) is 0 Å². The maximum atomic E-state index is 12.3. The molecular weight excluding hydrogens is 265 g/mol. The number of carbonyl (C=O) groups excluding carboxylic acids is 1. The molecule has 0 unspecified atom stereocenters. The molecule has 0 saturated heterocycles. The molecule has 1 aromatic heterocycles. The summed E-state index contributed by atoms with van der Waals surface area (Å²) in [5.41, 5.74) is 2.81. The number of nitrogens with zero attached hydrogens (tertiary/aromatic N) is 1. The predicted molar refractivity (Wildman–Crippen MR) is 77.1 cm³/mol. The Morgan fingerprint density at radius 3 is 2.25 bits per heavy atom. The van der Waals surface area contributed by atoms with Gasteiger partial charge in [-0.05, 0) is 19.1 Å². The van der Waals surface area contributed by atoms with Gasteiger partial charge in [0.15, 0.2) is 0 Å². The standard InChI is InChI=1S/C15H15NO3.Na/c1-10-3-5-11(6-4-10)15(19)13-8-7-12(16(13)2)9-14(17)18;/h3-8H,9H2,1-2H3,(H,17,18);. The number of aliphatic carboxylic acids is 1.